The number of hydrogen-bond donors (Lipinski definition) is 1. The Hall–Kier alpha value is -0.390. The summed E-state index contributed by atoms with van der Waals surface area (Å²) in [5.41, 5.74) is 2.41. The maximum atomic E-state index is 4.58. The van der Waals surface area contributed by atoms with Crippen LogP contribution in [0.1, 0.15) is 38.1 Å². The van der Waals surface area contributed by atoms with Crippen LogP contribution in [0.3, 0.4) is 0 Å². The lowest BCUT2D eigenvalue weighted by Gasteiger charge is -2.24. The largest absolute Gasteiger partial charge is 0.313 e. The van der Waals surface area contributed by atoms with Gasteiger partial charge in [-0.1, -0.05) is 6.92 Å². The molecule has 1 aliphatic heterocycles. The molecule has 1 aromatic rings. The first-order valence-electron chi connectivity index (χ1n) is 7.33. The van der Waals surface area contributed by atoms with Crippen molar-refractivity contribution in [3.8, 4) is 0 Å². The fourth-order valence-electron chi connectivity index (χ4n) is 2.73. The number of aryl methyl sites for hydroxylation is 2. The van der Waals surface area contributed by atoms with Crippen molar-refractivity contribution in [2.24, 2.45) is 0 Å². The summed E-state index contributed by atoms with van der Waals surface area (Å²) in [6, 6.07) is 0.625. The van der Waals surface area contributed by atoms with Crippen molar-refractivity contribution in [2.45, 2.75) is 52.7 Å². The van der Waals surface area contributed by atoms with Gasteiger partial charge in [-0.05, 0) is 55.7 Å². The third-order valence-electron chi connectivity index (χ3n) is 3.88. The monoisotopic (exact) mass is 328 g/mol. The molecule has 0 aliphatic carbocycles. The van der Waals surface area contributed by atoms with E-state index in [2.05, 4.69) is 56.7 Å². The van der Waals surface area contributed by atoms with Gasteiger partial charge in [-0.25, -0.2) is 0 Å². The SMILES string of the molecule is CCC1CN(Cc2c(Br)c(C)nn2CC)CCCN1. The molecule has 1 N–H and O–H groups in total. The third kappa shape index (κ3) is 3.58. The lowest BCUT2D eigenvalue weighted by atomic mass is 10.2. The fraction of sp³-hybridized carbons (Fsp3) is 0.786. The van der Waals surface area contributed by atoms with Crippen LogP contribution in [0.2, 0.25) is 0 Å². The highest BCUT2D eigenvalue weighted by molar-refractivity contribution is 9.10. The Balaban J connectivity index is 2.11. The minimum absolute atomic E-state index is 0.625. The zero-order chi connectivity index (χ0) is 13.8. The molecule has 0 aromatic carbocycles. The molecule has 1 atom stereocenters. The summed E-state index contributed by atoms with van der Waals surface area (Å²) >= 11 is 3.69. The predicted molar refractivity (Wildman–Crippen MR) is 82.3 cm³/mol. The smallest absolute Gasteiger partial charge is 0.0739 e. The standard InChI is InChI=1S/C14H25BrN4/c1-4-12-9-18(8-6-7-16-12)10-13-14(15)11(3)17-19(13)5-2/h12,16H,4-10H2,1-3H3. The minimum atomic E-state index is 0.625. The molecule has 108 valence electrons. The molecular weight excluding hydrogens is 304 g/mol. The molecule has 0 saturated carbocycles. The summed E-state index contributed by atoms with van der Waals surface area (Å²) in [7, 11) is 0. The van der Waals surface area contributed by atoms with Crippen LogP contribution in [0.25, 0.3) is 0 Å². The number of nitrogens with one attached hydrogen (secondary N) is 1. The molecule has 19 heavy (non-hydrogen) atoms. The van der Waals surface area contributed by atoms with E-state index < -0.39 is 0 Å². The van der Waals surface area contributed by atoms with Gasteiger partial charge in [0.15, 0.2) is 0 Å². The van der Waals surface area contributed by atoms with E-state index in [0.29, 0.717) is 6.04 Å². The van der Waals surface area contributed by atoms with Gasteiger partial charge in [0.05, 0.1) is 15.9 Å². The number of hydrogen-bond acceptors (Lipinski definition) is 3. The molecule has 1 aromatic heterocycles. The molecule has 2 heterocycles. The van der Waals surface area contributed by atoms with Crippen LogP contribution in [0.15, 0.2) is 4.47 Å². The van der Waals surface area contributed by atoms with E-state index in [1.165, 1.54) is 29.6 Å². The van der Waals surface area contributed by atoms with Crippen molar-refractivity contribution in [1.29, 1.82) is 0 Å². The molecule has 1 fully saturated rings. The first-order valence-corrected chi connectivity index (χ1v) is 8.12. The highest BCUT2D eigenvalue weighted by Gasteiger charge is 2.20. The normalized spacial score (nSPS) is 21.6. The predicted octanol–water partition coefficient (Wildman–Crippen LogP) is 2.55. The van der Waals surface area contributed by atoms with Crippen molar-refractivity contribution in [3.63, 3.8) is 0 Å². The third-order valence-corrected chi connectivity index (χ3v) is 4.91. The van der Waals surface area contributed by atoms with E-state index in [0.717, 1.165) is 31.9 Å². The highest BCUT2D eigenvalue weighted by Crippen LogP contribution is 2.23. The number of rotatable bonds is 4. The molecule has 1 unspecified atom stereocenters. The maximum absolute atomic E-state index is 4.58. The van der Waals surface area contributed by atoms with Gasteiger partial charge in [0.1, 0.15) is 0 Å². The van der Waals surface area contributed by atoms with Crippen LogP contribution in [0.4, 0.5) is 0 Å². The van der Waals surface area contributed by atoms with E-state index in [4.69, 9.17) is 0 Å². The Bertz CT molecular complexity index is 416. The van der Waals surface area contributed by atoms with E-state index in [-0.39, 0.29) is 0 Å². The van der Waals surface area contributed by atoms with E-state index in [1.54, 1.807) is 0 Å². The first-order chi connectivity index (χ1) is 9.15. The summed E-state index contributed by atoms with van der Waals surface area (Å²) < 4.78 is 3.30. The summed E-state index contributed by atoms with van der Waals surface area (Å²) in [5.74, 6) is 0. The second kappa shape index (κ2) is 6.86. The van der Waals surface area contributed by atoms with Crippen LogP contribution < -0.4 is 5.32 Å². The molecule has 1 aliphatic rings. The summed E-state index contributed by atoms with van der Waals surface area (Å²) in [6.45, 7) is 11.9. The summed E-state index contributed by atoms with van der Waals surface area (Å²) in [4.78, 5) is 2.56. The number of halogens is 1. The first kappa shape index (κ1) is 15.0. The minimum Gasteiger partial charge on any atom is -0.313 e. The molecule has 0 radical (unpaired) electrons. The van der Waals surface area contributed by atoms with Crippen molar-refractivity contribution in [3.05, 3.63) is 15.9 Å². The molecular formula is C14H25BrN4. The van der Waals surface area contributed by atoms with Crippen LogP contribution >= 0.6 is 15.9 Å². The van der Waals surface area contributed by atoms with Gasteiger partial charge >= 0.3 is 0 Å². The Morgan fingerprint density at radius 3 is 2.89 bits per heavy atom. The van der Waals surface area contributed by atoms with Crippen LogP contribution in [0.5, 0.6) is 0 Å². The van der Waals surface area contributed by atoms with E-state index >= 15 is 0 Å². The van der Waals surface area contributed by atoms with Crippen LogP contribution in [-0.2, 0) is 13.1 Å². The van der Waals surface area contributed by atoms with Gasteiger partial charge in [0.2, 0.25) is 0 Å². The zero-order valence-electron chi connectivity index (χ0n) is 12.2. The quantitative estimate of drug-likeness (QED) is 0.922. The van der Waals surface area contributed by atoms with E-state index in [9.17, 15) is 0 Å². The molecule has 4 nitrogen and oxygen atoms in total. The van der Waals surface area contributed by atoms with Gasteiger partial charge in [-0.3, -0.25) is 9.58 Å². The van der Waals surface area contributed by atoms with Crippen molar-refractivity contribution >= 4 is 15.9 Å². The van der Waals surface area contributed by atoms with E-state index in [1.807, 2.05) is 0 Å². The second-order valence-corrected chi connectivity index (χ2v) is 6.10. The van der Waals surface area contributed by atoms with Gasteiger partial charge in [0, 0.05) is 25.7 Å². The number of nitrogens with zero attached hydrogens (tertiary/aromatic N) is 3. The lowest BCUT2D eigenvalue weighted by molar-refractivity contribution is 0.249. The van der Waals surface area contributed by atoms with Crippen LogP contribution in [0, 0.1) is 6.92 Å². The summed E-state index contributed by atoms with van der Waals surface area (Å²) in [5, 5.41) is 8.20. The molecule has 0 spiro atoms. The van der Waals surface area contributed by atoms with Crippen LogP contribution in [-0.4, -0.2) is 40.4 Å². The molecule has 5 heteroatoms. The fourth-order valence-corrected chi connectivity index (χ4v) is 3.13. The average Bonchev–Trinajstić information content (AvgIpc) is 2.61. The van der Waals surface area contributed by atoms with Gasteiger partial charge < -0.3 is 5.32 Å². The Kier molecular flexibility index (Phi) is 5.42. The van der Waals surface area contributed by atoms with Gasteiger partial charge in [-0.15, -0.1) is 0 Å². The van der Waals surface area contributed by atoms with Crippen molar-refractivity contribution in [1.82, 2.24) is 20.0 Å². The lowest BCUT2D eigenvalue weighted by Crippen LogP contribution is -2.37. The number of aromatic nitrogens is 2. The summed E-state index contributed by atoms with van der Waals surface area (Å²) in [6.07, 6.45) is 2.43. The van der Waals surface area contributed by atoms with Crippen molar-refractivity contribution < 1.29 is 0 Å². The van der Waals surface area contributed by atoms with Gasteiger partial charge in [0.25, 0.3) is 0 Å². The molecule has 2 rings (SSSR count). The maximum Gasteiger partial charge on any atom is 0.0739 e. The molecule has 0 amide bonds. The zero-order valence-corrected chi connectivity index (χ0v) is 13.8. The topological polar surface area (TPSA) is 33.1 Å². The highest BCUT2D eigenvalue weighted by atomic mass is 79.9. The molecule has 0 bridgehead atoms. The Labute approximate surface area is 124 Å². The second-order valence-electron chi connectivity index (χ2n) is 5.31. The average molecular weight is 329 g/mol. The van der Waals surface area contributed by atoms with Gasteiger partial charge in [-0.2, -0.15) is 5.10 Å². The van der Waals surface area contributed by atoms with Crippen molar-refractivity contribution in [2.75, 3.05) is 19.6 Å². The molecule has 1 saturated heterocycles. The Morgan fingerprint density at radius 1 is 1.42 bits per heavy atom. The Morgan fingerprint density at radius 2 is 2.21 bits per heavy atom.